The van der Waals surface area contributed by atoms with E-state index >= 15 is 0 Å². The number of hydrogen-bond acceptors (Lipinski definition) is 6. The molecule has 0 bridgehead atoms. The highest BCUT2D eigenvalue weighted by Gasteiger charge is 2.42. The summed E-state index contributed by atoms with van der Waals surface area (Å²) in [5, 5.41) is 21.4. The maximum atomic E-state index is 4.45. The maximum Gasteiger partial charge on any atom is 0.155 e. The Morgan fingerprint density at radius 2 is 0.969 bits per heavy atom. The molecule has 2 saturated carbocycles. The summed E-state index contributed by atoms with van der Waals surface area (Å²) in [7, 11) is 0. The van der Waals surface area contributed by atoms with Crippen molar-refractivity contribution in [2.45, 2.75) is 51.4 Å². The van der Waals surface area contributed by atoms with E-state index in [-0.39, 0.29) is 49.6 Å². The van der Waals surface area contributed by atoms with Gasteiger partial charge >= 0.3 is 0 Å². The molecule has 0 spiro atoms. The minimum Gasteiger partial charge on any atom is -0.316 e. The molecule has 2 aliphatic carbocycles. The van der Waals surface area contributed by atoms with Crippen LogP contribution in [-0.4, -0.2) is 56.5 Å². The van der Waals surface area contributed by atoms with Crippen molar-refractivity contribution in [3.8, 4) is 0 Å². The lowest BCUT2D eigenvalue weighted by Crippen LogP contribution is -2.14. The number of aromatic nitrogens is 6. The molecule has 32 heavy (non-hydrogen) atoms. The van der Waals surface area contributed by atoms with Gasteiger partial charge in [0, 0.05) is 24.9 Å². The van der Waals surface area contributed by atoms with Crippen LogP contribution in [0.15, 0.2) is 0 Å². The number of H-pyrrole nitrogens is 2. The zero-order chi connectivity index (χ0) is 19.1. The lowest BCUT2D eigenvalue weighted by atomic mass is 9.91. The summed E-state index contributed by atoms with van der Waals surface area (Å²) in [5.41, 5.74) is 0. The first-order valence-corrected chi connectivity index (χ1v) is 10.9. The summed E-state index contributed by atoms with van der Waals surface area (Å²) in [6.45, 7) is 8.35. The van der Waals surface area contributed by atoms with Crippen LogP contribution in [0.25, 0.3) is 0 Å². The summed E-state index contributed by atoms with van der Waals surface area (Å²) < 4.78 is 0. The van der Waals surface area contributed by atoms with Gasteiger partial charge in [0.15, 0.2) is 11.6 Å². The highest BCUT2D eigenvalue weighted by Crippen LogP contribution is 2.45. The van der Waals surface area contributed by atoms with E-state index in [9.17, 15) is 0 Å². The number of rotatable bonds is 4. The largest absolute Gasteiger partial charge is 0.316 e. The van der Waals surface area contributed by atoms with Gasteiger partial charge in [0.25, 0.3) is 0 Å². The smallest absolute Gasteiger partial charge is 0.155 e. The van der Waals surface area contributed by atoms with E-state index in [0.717, 1.165) is 73.1 Å². The van der Waals surface area contributed by atoms with Crippen molar-refractivity contribution in [3.63, 3.8) is 0 Å². The summed E-state index contributed by atoms with van der Waals surface area (Å²) in [4.78, 5) is 8.89. The van der Waals surface area contributed by atoms with Gasteiger partial charge in [-0.1, -0.05) is 0 Å². The van der Waals surface area contributed by atoms with Crippen molar-refractivity contribution < 1.29 is 0 Å². The Kier molecular flexibility index (Phi) is 11.7. The Morgan fingerprint density at radius 1 is 0.594 bits per heavy atom. The van der Waals surface area contributed by atoms with Crippen molar-refractivity contribution in [3.05, 3.63) is 23.3 Å². The van der Waals surface area contributed by atoms with Gasteiger partial charge in [-0.15, -0.1) is 49.6 Å². The first kappa shape index (κ1) is 29.4. The summed E-state index contributed by atoms with van der Waals surface area (Å²) in [6, 6.07) is 0. The van der Waals surface area contributed by atoms with E-state index < -0.39 is 0 Å². The SMILES string of the molecule is Cc1nc([C@@H]2CNC[C@H]2C2CC2)n[nH]1.Cc1nc([C@H]2CNC[C@@H]2C2CC2)n[nH]1.Cl.Cl.Cl.Cl. The molecule has 184 valence electrons. The van der Waals surface area contributed by atoms with Gasteiger partial charge in [-0.3, -0.25) is 10.2 Å². The number of hydrogen-bond donors (Lipinski definition) is 4. The highest BCUT2D eigenvalue weighted by molar-refractivity contribution is 5.86. The molecule has 4 fully saturated rings. The van der Waals surface area contributed by atoms with Gasteiger partial charge in [-0.2, -0.15) is 10.2 Å². The van der Waals surface area contributed by atoms with Crippen LogP contribution < -0.4 is 10.6 Å². The average molecular weight is 530 g/mol. The molecule has 0 amide bonds. The molecule has 0 radical (unpaired) electrons. The molecular weight excluding hydrogens is 494 g/mol. The fourth-order valence-corrected chi connectivity index (χ4v) is 5.05. The number of aromatic amines is 2. The van der Waals surface area contributed by atoms with Crippen molar-refractivity contribution >= 4 is 49.6 Å². The van der Waals surface area contributed by atoms with Gasteiger partial charge in [0.1, 0.15) is 11.6 Å². The molecule has 12 heteroatoms. The third-order valence-corrected chi connectivity index (χ3v) is 6.87. The second kappa shape index (κ2) is 12.7. The number of aryl methyl sites for hydroxylation is 2. The molecule has 4 aliphatic rings. The van der Waals surface area contributed by atoms with E-state index in [0.29, 0.717) is 11.8 Å². The van der Waals surface area contributed by atoms with Crippen LogP contribution in [0.1, 0.15) is 60.8 Å². The van der Waals surface area contributed by atoms with E-state index in [4.69, 9.17) is 0 Å². The molecule has 8 nitrogen and oxygen atoms in total. The van der Waals surface area contributed by atoms with Crippen LogP contribution >= 0.6 is 49.6 Å². The molecule has 2 aromatic heterocycles. The minimum atomic E-state index is 0. The summed E-state index contributed by atoms with van der Waals surface area (Å²) in [6.07, 6.45) is 5.64. The van der Waals surface area contributed by atoms with E-state index in [1.165, 1.54) is 25.7 Å². The number of nitrogens with one attached hydrogen (secondary N) is 4. The van der Waals surface area contributed by atoms with Crippen molar-refractivity contribution in [2.24, 2.45) is 23.7 Å². The zero-order valence-corrected chi connectivity index (χ0v) is 21.8. The van der Waals surface area contributed by atoms with Crippen LogP contribution in [0.2, 0.25) is 0 Å². The van der Waals surface area contributed by atoms with Crippen molar-refractivity contribution in [1.29, 1.82) is 0 Å². The average Bonchev–Trinajstić information content (AvgIpc) is 3.48. The van der Waals surface area contributed by atoms with E-state index in [1.54, 1.807) is 0 Å². The fourth-order valence-electron chi connectivity index (χ4n) is 5.05. The van der Waals surface area contributed by atoms with Crippen LogP contribution in [-0.2, 0) is 0 Å². The first-order chi connectivity index (χ1) is 13.7. The van der Waals surface area contributed by atoms with Crippen LogP contribution in [0.3, 0.4) is 0 Å². The van der Waals surface area contributed by atoms with Gasteiger partial charge in [0.2, 0.25) is 0 Å². The first-order valence-electron chi connectivity index (χ1n) is 10.9. The lowest BCUT2D eigenvalue weighted by Gasteiger charge is -2.13. The Balaban J connectivity index is 0.000000284. The Bertz CT molecular complexity index is 741. The second-order valence-corrected chi connectivity index (χ2v) is 9.09. The molecule has 2 aliphatic heterocycles. The molecule has 2 saturated heterocycles. The van der Waals surface area contributed by atoms with Crippen molar-refractivity contribution in [2.75, 3.05) is 26.2 Å². The zero-order valence-electron chi connectivity index (χ0n) is 18.5. The molecule has 2 aromatic rings. The third kappa shape index (κ3) is 6.70. The van der Waals surface area contributed by atoms with E-state index in [2.05, 4.69) is 41.0 Å². The van der Waals surface area contributed by atoms with Crippen molar-refractivity contribution in [1.82, 2.24) is 41.0 Å². The Morgan fingerprint density at radius 3 is 1.25 bits per heavy atom. The van der Waals surface area contributed by atoms with Gasteiger partial charge in [-0.05, 0) is 76.3 Å². The predicted molar refractivity (Wildman–Crippen MR) is 135 cm³/mol. The summed E-state index contributed by atoms with van der Waals surface area (Å²) >= 11 is 0. The third-order valence-electron chi connectivity index (χ3n) is 6.87. The predicted octanol–water partition coefficient (Wildman–Crippen LogP) is 3.34. The van der Waals surface area contributed by atoms with Crippen LogP contribution in [0.4, 0.5) is 0 Å². The maximum absolute atomic E-state index is 4.45. The van der Waals surface area contributed by atoms with Gasteiger partial charge in [-0.25, -0.2) is 9.97 Å². The van der Waals surface area contributed by atoms with Crippen LogP contribution in [0, 0.1) is 37.5 Å². The van der Waals surface area contributed by atoms with Gasteiger partial charge < -0.3 is 10.6 Å². The minimum absolute atomic E-state index is 0. The molecule has 0 unspecified atom stereocenters. The molecule has 6 rings (SSSR count). The standard InChI is InChI=1S/2C10H16N4.4ClH/c2*1-6-12-10(14-13-6)9-5-11-4-8(9)7-2-3-7;;;;/h2*7-9,11H,2-5H2,1H3,(H,12,13,14);4*1H/t2*8-,9+;;;;/m10..../s1. The number of halogens is 4. The normalized spacial score (nSPS) is 28.3. The number of nitrogens with zero attached hydrogens (tertiary/aromatic N) is 4. The van der Waals surface area contributed by atoms with E-state index in [1.807, 2.05) is 13.8 Å². The van der Waals surface area contributed by atoms with Crippen LogP contribution in [0.5, 0.6) is 0 Å². The fraction of sp³-hybridized carbons (Fsp3) is 0.800. The quantitative estimate of drug-likeness (QED) is 0.483. The monoisotopic (exact) mass is 528 g/mol. The Hall–Kier alpha value is -0.640. The topological polar surface area (TPSA) is 107 Å². The molecule has 4 atom stereocenters. The molecular formula is C20H36Cl4N8. The van der Waals surface area contributed by atoms with Gasteiger partial charge in [0.05, 0.1) is 0 Å². The second-order valence-electron chi connectivity index (χ2n) is 9.09. The highest BCUT2D eigenvalue weighted by atomic mass is 35.5. The molecule has 4 N–H and O–H groups in total. The lowest BCUT2D eigenvalue weighted by molar-refractivity contribution is 0.443. The summed E-state index contributed by atoms with van der Waals surface area (Å²) in [5.74, 6) is 8.44. The molecule has 0 aromatic carbocycles. The Labute approximate surface area is 214 Å². The molecule has 4 heterocycles.